The first-order chi connectivity index (χ1) is 13.8. The number of allylic oxidation sites excluding steroid dienone is 4. The fourth-order valence-corrected chi connectivity index (χ4v) is 4.05. The summed E-state index contributed by atoms with van der Waals surface area (Å²) >= 11 is 0. The second-order valence-electron chi connectivity index (χ2n) is 8.47. The Morgan fingerprint density at radius 1 is 0.931 bits per heavy atom. The lowest BCUT2D eigenvalue weighted by molar-refractivity contribution is 0.138. The molecule has 2 aliphatic rings. The molecule has 4 rings (SSSR count). The van der Waals surface area contributed by atoms with Crippen molar-refractivity contribution in [2.75, 3.05) is 6.61 Å². The molecule has 29 heavy (non-hydrogen) atoms. The van der Waals surface area contributed by atoms with Crippen LogP contribution in [0.15, 0.2) is 47.6 Å². The molecule has 0 amide bonds. The number of ether oxygens (including phenoxy) is 2. The lowest BCUT2D eigenvalue weighted by Gasteiger charge is -2.28. The summed E-state index contributed by atoms with van der Waals surface area (Å²) in [5, 5.41) is 20.7. The van der Waals surface area contributed by atoms with Crippen LogP contribution in [0.2, 0.25) is 0 Å². The zero-order valence-corrected chi connectivity index (χ0v) is 17.5. The van der Waals surface area contributed by atoms with Gasteiger partial charge in [0.15, 0.2) is 0 Å². The van der Waals surface area contributed by atoms with Crippen LogP contribution in [-0.2, 0) is 12.8 Å². The zero-order valence-electron chi connectivity index (χ0n) is 17.5. The standard InChI is InChI=1S/C25H28O4/c1-14(2)5-7-16-10-20-23(12-22(16)27)28-13-21-19-11-18(26)9-17(8-6-15(3)4)24(19)29-25(20)21/h5-6,9-12,21,25-27H,7-8,13H2,1-4H3/t21-,25-/m1/s1. The van der Waals surface area contributed by atoms with Gasteiger partial charge in [-0.3, -0.25) is 0 Å². The first kappa shape index (κ1) is 19.4. The lowest BCUT2D eigenvalue weighted by Crippen LogP contribution is -2.23. The molecule has 0 unspecified atom stereocenters. The number of benzene rings is 2. The molecule has 0 aliphatic carbocycles. The van der Waals surface area contributed by atoms with Gasteiger partial charge in [-0.2, -0.15) is 0 Å². The maximum atomic E-state index is 10.4. The predicted octanol–water partition coefficient (Wildman–Crippen LogP) is 5.72. The summed E-state index contributed by atoms with van der Waals surface area (Å²) in [6.45, 7) is 8.68. The Kier molecular flexibility index (Phi) is 5.03. The van der Waals surface area contributed by atoms with Crippen molar-refractivity contribution in [3.63, 3.8) is 0 Å². The van der Waals surface area contributed by atoms with Crippen LogP contribution in [0.1, 0.15) is 62.0 Å². The van der Waals surface area contributed by atoms with E-state index in [4.69, 9.17) is 9.47 Å². The van der Waals surface area contributed by atoms with Crippen LogP contribution in [0, 0.1) is 0 Å². The zero-order chi connectivity index (χ0) is 20.7. The Bertz CT molecular complexity index is 1010. The number of phenols is 2. The van der Waals surface area contributed by atoms with Gasteiger partial charge in [0.2, 0.25) is 0 Å². The van der Waals surface area contributed by atoms with E-state index >= 15 is 0 Å². The van der Waals surface area contributed by atoms with E-state index in [9.17, 15) is 10.2 Å². The van der Waals surface area contributed by atoms with Gasteiger partial charge < -0.3 is 19.7 Å². The topological polar surface area (TPSA) is 58.9 Å². The van der Waals surface area contributed by atoms with E-state index in [1.54, 1.807) is 18.2 Å². The minimum Gasteiger partial charge on any atom is -0.508 e. The molecule has 0 fully saturated rings. The summed E-state index contributed by atoms with van der Waals surface area (Å²) in [5.74, 6) is 2.05. The Balaban J connectivity index is 1.73. The van der Waals surface area contributed by atoms with Crippen molar-refractivity contribution >= 4 is 0 Å². The van der Waals surface area contributed by atoms with Gasteiger partial charge in [-0.15, -0.1) is 0 Å². The van der Waals surface area contributed by atoms with Crippen molar-refractivity contribution in [1.82, 2.24) is 0 Å². The van der Waals surface area contributed by atoms with Crippen LogP contribution >= 0.6 is 0 Å². The fourth-order valence-electron chi connectivity index (χ4n) is 4.05. The quantitative estimate of drug-likeness (QED) is 0.653. The smallest absolute Gasteiger partial charge is 0.138 e. The maximum Gasteiger partial charge on any atom is 0.138 e. The molecule has 2 N–H and O–H groups in total. The van der Waals surface area contributed by atoms with Crippen molar-refractivity contribution in [3.05, 3.63) is 69.8 Å². The van der Waals surface area contributed by atoms with Crippen molar-refractivity contribution in [2.24, 2.45) is 0 Å². The molecule has 2 aromatic carbocycles. The second kappa shape index (κ2) is 7.51. The summed E-state index contributed by atoms with van der Waals surface area (Å²) in [4.78, 5) is 0. The molecule has 2 aliphatic heterocycles. The highest BCUT2D eigenvalue weighted by molar-refractivity contribution is 5.57. The summed E-state index contributed by atoms with van der Waals surface area (Å²) < 4.78 is 12.4. The molecule has 0 spiro atoms. The van der Waals surface area contributed by atoms with Gasteiger partial charge in [0.1, 0.15) is 29.1 Å². The predicted molar refractivity (Wildman–Crippen MR) is 114 cm³/mol. The number of rotatable bonds is 4. The van der Waals surface area contributed by atoms with Gasteiger partial charge in [-0.25, -0.2) is 0 Å². The van der Waals surface area contributed by atoms with Crippen LogP contribution in [0.25, 0.3) is 0 Å². The van der Waals surface area contributed by atoms with Gasteiger partial charge in [0.25, 0.3) is 0 Å². The van der Waals surface area contributed by atoms with Crippen molar-refractivity contribution in [1.29, 1.82) is 0 Å². The Labute approximate surface area is 172 Å². The maximum absolute atomic E-state index is 10.4. The molecule has 0 aromatic heterocycles. The van der Waals surface area contributed by atoms with E-state index in [2.05, 4.69) is 26.0 Å². The SMILES string of the molecule is CC(C)=CCc1cc2c(cc1O)OC[C@@H]1c3cc(O)cc(CC=C(C)C)c3O[C@H]21. The number of fused-ring (bicyclic) bond motifs is 5. The molecule has 2 heterocycles. The van der Waals surface area contributed by atoms with Crippen molar-refractivity contribution < 1.29 is 19.7 Å². The minimum absolute atomic E-state index is 0.0240. The Morgan fingerprint density at radius 3 is 2.31 bits per heavy atom. The van der Waals surface area contributed by atoms with Crippen LogP contribution in [0.3, 0.4) is 0 Å². The molecule has 2 atom stereocenters. The lowest BCUT2D eigenvalue weighted by atomic mass is 9.87. The van der Waals surface area contributed by atoms with Crippen LogP contribution in [0.5, 0.6) is 23.0 Å². The summed E-state index contributed by atoms with van der Waals surface area (Å²) in [6.07, 6.45) is 5.45. The van der Waals surface area contributed by atoms with E-state index in [0.29, 0.717) is 25.2 Å². The van der Waals surface area contributed by atoms with E-state index in [0.717, 1.165) is 28.0 Å². The fraction of sp³-hybridized carbons (Fsp3) is 0.360. The molecule has 0 saturated heterocycles. The molecular weight excluding hydrogens is 364 g/mol. The van der Waals surface area contributed by atoms with Gasteiger partial charge in [0, 0.05) is 22.8 Å². The van der Waals surface area contributed by atoms with E-state index < -0.39 is 0 Å². The van der Waals surface area contributed by atoms with Crippen LogP contribution < -0.4 is 9.47 Å². The molecule has 152 valence electrons. The molecule has 0 radical (unpaired) electrons. The third-order valence-electron chi connectivity index (χ3n) is 5.59. The molecule has 2 aromatic rings. The summed E-state index contributed by atoms with van der Waals surface area (Å²) in [5.41, 5.74) is 6.24. The summed E-state index contributed by atoms with van der Waals surface area (Å²) in [7, 11) is 0. The van der Waals surface area contributed by atoms with E-state index in [1.165, 1.54) is 11.1 Å². The number of aromatic hydroxyl groups is 2. The number of hydrogen-bond donors (Lipinski definition) is 2. The van der Waals surface area contributed by atoms with Crippen molar-refractivity contribution in [3.8, 4) is 23.0 Å². The third-order valence-corrected chi connectivity index (χ3v) is 5.59. The van der Waals surface area contributed by atoms with Crippen LogP contribution in [0.4, 0.5) is 0 Å². The minimum atomic E-state index is -0.174. The highest BCUT2D eigenvalue weighted by Gasteiger charge is 2.42. The molecule has 0 bridgehead atoms. The normalized spacial score (nSPS) is 18.6. The van der Waals surface area contributed by atoms with E-state index in [-0.39, 0.29) is 23.5 Å². The highest BCUT2D eigenvalue weighted by atomic mass is 16.5. The number of phenolic OH excluding ortho intramolecular Hbond substituents is 2. The average Bonchev–Trinajstić information content (AvgIpc) is 3.03. The largest absolute Gasteiger partial charge is 0.508 e. The van der Waals surface area contributed by atoms with Gasteiger partial charge >= 0.3 is 0 Å². The first-order valence-electron chi connectivity index (χ1n) is 10.1. The van der Waals surface area contributed by atoms with Crippen molar-refractivity contribution in [2.45, 2.75) is 52.6 Å². The van der Waals surface area contributed by atoms with Gasteiger partial charge in [-0.05, 0) is 64.3 Å². The monoisotopic (exact) mass is 392 g/mol. The average molecular weight is 392 g/mol. The summed E-state index contributed by atoms with van der Waals surface area (Å²) in [6, 6.07) is 7.29. The number of hydrogen-bond acceptors (Lipinski definition) is 4. The van der Waals surface area contributed by atoms with E-state index in [1.807, 2.05) is 19.9 Å². The third kappa shape index (κ3) is 3.71. The molecular formula is C25H28O4. The van der Waals surface area contributed by atoms with Gasteiger partial charge in [-0.1, -0.05) is 23.3 Å². The van der Waals surface area contributed by atoms with Gasteiger partial charge in [0.05, 0.1) is 12.5 Å². The highest BCUT2D eigenvalue weighted by Crippen LogP contribution is 2.54. The first-order valence-corrected chi connectivity index (χ1v) is 10.1. The Morgan fingerprint density at radius 2 is 1.62 bits per heavy atom. The molecule has 4 heteroatoms. The molecule has 4 nitrogen and oxygen atoms in total. The second-order valence-corrected chi connectivity index (χ2v) is 8.47. The van der Waals surface area contributed by atoms with Crippen LogP contribution in [-0.4, -0.2) is 16.8 Å². The Hall–Kier alpha value is -2.88. The molecule has 0 saturated carbocycles.